The number of piperidine rings is 1. The summed E-state index contributed by atoms with van der Waals surface area (Å²) in [7, 11) is 1.72. The Morgan fingerprint density at radius 2 is 1.96 bits per heavy atom. The summed E-state index contributed by atoms with van der Waals surface area (Å²) in [6, 6.07) is 3.42. The van der Waals surface area contributed by atoms with E-state index < -0.39 is 5.41 Å². The first-order valence-corrected chi connectivity index (χ1v) is 9.87. The van der Waals surface area contributed by atoms with E-state index in [2.05, 4.69) is 36.1 Å². The molecule has 0 aromatic carbocycles. The van der Waals surface area contributed by atoms with E-state index in [0.717, 1.165) is 55.6 Å². The van der Waals surface area contributed by atoms with Gasteiger partial charge in [-0.25, -0.2) is 0 Å². The van der Waals surface area contributed by atoms with E-state index in [-0.39, 0.29) is 0 Å². The maximum atomic E-state index is 10.1. The van der Waals surface area contributed by atoms with E-state index in [0.29, 0.717) is 5.41 Å². The highest BCUT2D eigenvalue weighted by molar-refractivity contribution is 5.41. The molecular formula is C22H30N2O. The highest BCUT2D eigenvalue weighted by Crippen LogP contribution is 2.58. The van der Waals surface area contributed by atoms with E-state index in [9.17, 15) is 5.26 Å². The van der Waals surface area contributed by atoms with Crippen LogP contribution in [0.15, 0.2) is 35.6 Å². The number of rotatable bonds is 3. The second kappa shape index (κ2) is 6.32. The van der Waals surface area contributed by atoms with Crippen molar-refractivity contribution in [2.75, 3.05) is 20.2 Å². The Morgan fingerprint density at radius 1 is 1.20 bits per heavy atom. The topological polar surface area (TPSA) is 36.3 Å². The Labute approximate surface area is 152 Å². The summed E-state index contributed by atoms with van der Waals surface area (Å²) in [5.41, 5.74) is 1.31. The number of hydrogen-bond acceptors (Lipinski definition) is 3. The fourth-order valence-electron chi connectivity index (χ4n) is 5.64. The molecule has 25 heavy (non-hydrogen) atoms. The number of fused-ring (bicyclic) bond motifs is 1. The molecule has 0 amide bonds. The van der Waals surface area contributed by atoms with Crippen LogP contribution in [0.5, 0.6) is 0 Å². The lowest BCUT2D eigenvalue weighted by Gasteiger charge is -2.42. The molecule has 1 saturated heterocycles. The van der Waals surface area contributed by atoms with Crippen molar-refractivity contribution in [3.63, 3.8) is 0 Å². The summed E-state index contributed by atoms with van der Waals surface area (Å²) in [5, 5.41) is 10.1. The van der Waals surface area contributed by atoms with Gasteiger partial charge in [0.25, 0.3) is 0 Å². The lowest BCUT2D eigenvalue weighted by atomic mass is 9.63. The standard InChI is InChI=1S/C22H30N2O/c1-21-9-8-17(21)14-18(15-21)24-12-10-22(16-23,11-13-24)19-6-4-3-5-7-20(19)25-2/h4-7,17-18H,3,8-15H2,1-2H3. The van der Waals surface area contributed by atoms with E-state index in [1.54, 1.807) is 7.11 Å². The zero-order valence-electron chi connectivity index (χ0n) is 15.6. The summed E-state index contributed by atoms with van der Waals surface area (Å²) in [5.74, 6) is 1.83. The predicted molar refractivity (Wildman–Crippen MR) is 99.6 cm³/mol. The Balaban J connectivity index is 1.50. The Bertz CT molecular complexity index is 660. The molecule has 0 spiro atoms. The van der Waals surface area contributed by atoms with Gasteiger partial charge in [0.05, 0.1) is 18.6 Å². The van der Waals surface area contributed by atoms with Crippen molar-refractivity contribution in [1.29, 1.82) is 5.26 Å². The van der Waals surface area contributed by atoms with Gasteiger partial charge < -0.3 is 9.64 Å². The molecule has 3 heteroatoms. The van der Waals surface area contributed by atoms with E-state index >= 15 is 0 Å². The Kier molecular flexibility index (Phi) is 4.28. The first kappa shape index (κ1) is 16.9. The minimum absolute atomic E-state index is 0.394. The van der Waals surface area contributed by atoms with Gasteiger partial charge in [0.15, 0.2) is 0 Å². The van der Waals surface area contributed by atoms with Crippen LogP contribution in [0.1, 0.15) is 51.9 Å². The number of hydrogen-bond donors (Lipinski definition) is 0. The number of ether oxygens (including phenoxy) is 1. The lowest BCUT2D eigenvalue weighted by Crippen LogP contribution is -2.45. The number of nitriles is 1. The molecule has 4 rings (SSSR count). The van der Waals surface area contributed by atoms with Gasteiger partial charge in [0, 0.05) is 24.7 Å². The quantitative estimate of drug-likeness (QED) is 0.755. The number of allylic oxidation sites excluding steroid dienone is 5. The van der Waals surface area contributed by atoms with Gasteiger partial charge in [-0.05, 0) is 62.4 Å². The number of likely N-dealkylation sites (tertiary alicyclic amines) is 1. The SMILES string of the molecule is COC1=C(C2(C#N)CCN(C3CC4CCC4(C)C3)CC2)C=CCC=C1. The zero-order chi connectivity index (χ0) is 17.5. The third-order valence-electron chi connectivity index (χ3n) is 7.52. The van der Waals surface area contributed by atoms with Crippen molar-refractivity contribution in [2.24, 2.45) is 16.7 Å². The van der Waals surface area contributed by atoms with Gasteiger partial charge in [-0.2, -0.15) is 5.26 Å². The average molecular weight is 338 g/mol. The van der Waals surface area contributed by atoms with Crippen molar-refractivity contribution in [3.05, 3.63) is 35.6 Å². The summed E-state index contributed by atoms with van der Waals surface area (Å²) >= 11 is 0. The number of methoxy groups -OCH3 is 1. The minimum Gasteiger partial charge on any atom is -0.496 e. The van der Waals surface area contributed by atoms with Crippen LogP contribution in [-0.2, 0) is 4.74 Å². The molecule has 0 bridgehead atoms. The first-order chi connectivity index (χ1) is 12.1. The molecule has 0 aromatic heterocycles. The molecule has 4 aliphatic rings. The molecule has 0 N–H and O–H groups in total. The van der Waals surface area contributed by atoms with Gasteiger partial charge in [-0.1, -0.05) is 25.2 Å². The van der Waals surface area contributed by atoms with Gasteiger partial charge >= 0.3 is 0 Å². The average Bonchev–Trinajstić information content (AvgIpc) is 2.81. The molecular weight excluding hydrogens is 308 g/mol. The predicted octanol–water partition coefficient (Wildman–Crippen LogP) is 4.59. The highest BCUT2D eigenvalue weighted by atomic mass is 16.5. The summed E-state index contributed by atoms with van der Waals surface area (Å²) in [6.45, 7) is 4.57. The van der Waals surface area contributed by atoms with Gasteiger partial charge in [-0.15, -0.1) is 0 Å². The second-order valence-electron chi connectivity index (χ2n) is 8.74. The van der Waals surface area contributed by atoms with Gasteiger partial charge in [0.2, 0.25) is 0 Å². The van der Waals surface area contributed by atoms with Crippen LogP contribution in [0.25, 0.3) is 0 Å². The molecule has 3 aliphatic carbocycles. The zero-order valence-corrected chi connectivity index (χ0v) is 15.6. The molecule has 134 valence electrons. The van der Waals surface area contributed by atoms with Crippen molar-refractivity contribution >= 4 is 0 Å². The summed E-state index contributed by atoms with van der Waals surface area (Å²) in [6.07, 6.45) is 16.8. The molecule has 3 atom stereocenters. The van der Waals surface area contributed by atoms with Crippen molar-refractivity contribution in [1.82, 2.24) is 4.90 Å². The van der Waals surface area contributed by atoms with Crippen LogP contribution in [0.3, 0.4) is 0 Å². The van der Waals surface area contributed by atoms with E-state index in [1.807, 2.05) is 6.08 Å². The Hall–Kier alpha value is -1.53. The van der Waals surface area contributed by atoms with Crippen LogP contribution < -0.4 is 0 Å². The van der Waals surface area contributed by atoms with Crippen LogP contribution in [0.4, 0.5) is 0 Å². The van der Waals surface area contributed by atoms with Crippen LogP contribution >= 0.6 is 0 Å². The molecule has 1 aliphatic heterocycles. The molecule has 3 unspecified atom stereocenters. The fourth-order valence-corrected chi connectivity index (χ4v) is 5.64. The third kappa shape index (κ3) is 2.75. The fraction of sp³-hybridized carbons (Fsp3) is 0.682. The van der Waals surface area contributed by atoms with E-state index in [4.69, 9.17) is 4.74 Å². The normalized spacial score (nSPS) is 37.2. The van der Waals surface area contributed by atoms with Crippen LogP contribution in [-0.4, -0.2) is 31.1 Å². The second-order valence-corrected chi connectivity index (χ2v) is 8.74. The van der Waals surface area contributed by atoms with Gasteiger partial charge in [0.1, 0.15) is 5.76 Å². The smallest absolute Gasteiger partial charge is 0.123 e. The van der Waals surface area contributed by atoms with E-state index in [1.165, 1.54) is 25.7 Å². The number of nitrogens with zero attached hydrogens (tertiary/aromatic N) is 2. The van der Waals surface area contributed by atoms with Crippen molar-refractivity contribution in [2.45, 2.75) is 57.9 Å². The maximum Gasteiger partial charge on any atom is 0.123 e. The maximum absolute atomic E-state index is 10.1. The lowest BCUT2D eigenvalue weighted by molar-refractivity contribution is 0.0833. The minimum atomic E-state index is -0.394. The molecule has 3 fully saturated rings. The first-order valence-electron chi connectivity index (χ1n) is 9.87. The van der Waals surface area contributed by atoms with Gasteiger partial charge in [-0.3, -0.25) is 0 Å². The van der Waals surface area contributed by atoms with Crippen LogP contribution in [0.2, 0.25) is 0 Å². The molecule has 2 saturated carbocycles. The largest absolute Gasteiger partial charge is 0.496 e. The summed E-state index contributed by atoms with van der Waals surface area (Å²) in [4.78, 5) is 2.68. The monoisotopic (exact) mass is 338 g/mol. The third-order valence-corrected chi connectivity index (χ3v) is 7.52. The molecule has 3 nitrogen and oxygen atoms in total. The van der Waals surface area contributed by atoms with Crippen molar-refractivity contribution < 1.29 is 4.74 Å². The van der Waals surface area contributed by atoms with Crippen LogP contribution in [0, 0.1) is 28.1 Å². The molecule has 0 radical (unpaired) electrons. The molecule has 0 aromatic rings. The molecule has 1 heterocycles. The Morgan fingerprint density at radius 3 is 2.52 bits per heavy atom. The summed E-state index contributed by atoms with van der Waals surface area (Å²) < 4.78 is 5.62. The highest BCUT2D eigenvalue weighted by Gasteiger charge is 2.52. The van der Waals surface area contributed by atoms with Crippen molar-refractivity contribution in [3.8, 4) is 6.07 Å².